The molecule has 0 spiro atoms. The van der Waals surface area contributed by atoms with Crippen molar-refractivity contribution < 1.29 is 0 Å². The van der Waals surface area contributed by atoms with E-state index in [9.17, 15) is 0 Å². The molecule has 128 valence electrons. The number of rotatable bonds is 10. The Morgan fingerprint density at radius 3 is 2.46 bits per heavy atom. The van der Waals surface area contributed by atoms with Crippen LogP contribution in [0.1, 0.15) is 40.8 Å². The zero-order valence-corrected chi connectivity index (χ0v) is 14.9. The predicted molar refractivity (Wildman–Crippen MR) is 103 cm³/mol. The van der Waals surface area contributed by atoms with Gasteiger partial charge < -0.3 is 10.6 Å². The molecule has 3 heteroatoms. The molecule has 1 heterocycles. The van der Waals surface area contributed by atoms with Crippen LogP contribution in [0, 0.1) is 13.8 Å². The van der Waals surface area contributed by atoms with Crippen molar-refractivity contribution in [2.75, 3.05) is 13.1 Å². The number of aryl methyl sites for hydroxylation is 2. The van der Waals surface area contributed by atoms with E-state index in [-0.39, 0.29) is 0 Å². The van der Waals surface area contributed by atoms with Gasteiger partial charge in [-0.25, -0.2) is 0 Å². The summed E-state index contributed by atoms with van der Waals surface area (Å²) in [6.07, 6.45) is 6.14. The maximum absolute atomic E-state index is 4.36. The van der Waals surface area contributed by atoms with Crippen LogP contribution in [0.4, 0.5) is 0 Å². The van der Waals surface area contributed by atoms with E-state index in [2.05, 4.69) is 60.3 Å². The van der Waals surface area contributed by atoms with Gasteiger partial charge in [-0.1, -0.05) is 30.9 Å². The second-order valence-electron chi connectivity index (χ2n) is 6.28. The molecule has 1 aromatic heterocycles. The molecule has 0 aliphatic heterocycles. The van der Waals surface area contributed by atoms with Gasteiger partial charge in [0, 0.05) is 19.3 Å². The summed E-state index contributed by atoms with van der Waals surface area (Å²) in [7, 11) is 0. The molecular weight excluding hydrogens is 294 g/mol. The van der Waals surface area contributed by atoms with Crippen LogP contribution in [-0.2, 0) is 13.1 Å². The highest BCUT2D eigenvalue weighted by Gasteiger charge is 1.98. The molecule has 0 fully saturated rings. The highest BCUT2D eigenvalue weighted by atomic mass is 14.9. The van der Waals surface area contributed by atoms with Crippen LogP contribution in [0.15, 0.2) is 43.1 Å². The van der Waals surface area contributed by atoms with Crippen molar-refractivity contribution in [1.82, 2.24) is 15.6 Å². The minimum atomic E-state index is 0.850. The highest BCUT2D eigenvalue weighted by molar-refractivity contribution is 5.52. The summed E-state index contributed by atoms with van der Waals surface area (Å²) in [4.78, 5) is 4.36. The topological polar surface area (TPSA) is 37.0 Å². The van der Waals surface area contributed by atoms with Gasteiger partial charge >= 0.3 is 0 Å². The molecule has 0 aliphatic carbocycles. The third kappa shape index (κ3) is 6.26. The third-order valence-electron chi connectivity index (χ3n) is 4.13. The van der Waals surface area contributed by atoms with Crippen LogP contribution < -0.4 is 10.6 Å². The van der Waals surface area contributed by atoms with E-state index in [1.165, 1.54) is 35.1 Å². The van der Waals surface area contributed by atoms with Gasteiger partial charge in [0.2, 0.25) is 0 Å². The molecule has 0 aliphatic rings. The fourth-order valence-corrected chi connectivity index (χ4v) is 2.66. The number of hydrogen-bond acceptors (Lipinski definition) is 3. The number of aromatic nitrogens is 1. The second-order valence-corrected chi connectivity index (χ2v) is 6.28. The Balaban J connectivity index is 1.55. The zero-order valence-electron chi connectivity index (χ0n) is 14.9. The van der Waals surface area contributed by atoms with Gasteiger partial charge in [0.1, 0.15) is 0 Å². The Labute approximate surface area is 146 Å². The Bertz CT molecular complexity index is 649. The fourth-order valence-electron chi connectivity index (χ4n) is 2.66. The molecule has 24 heavy (non-hydrogen) atoms. The first kappa shape index (κ1) is 18.4. The maximum Gasteiger partial charge on any atom is 0.0544 e. The van der Waals surface area contributed by atoms with Crippen LogP contribution in [0.3, 0.4) is 0 Å². The Morgan fingerprint density at radius 2 is 1.75 bits per heavy atom. The van der Waals surface area contributed by atoms with Crippen molar-refractivity contribution in [1.29, 1.82) is 0 Å². The van der Waals surface area contributed by atoms with E-state index < -0.39 is 0 Å². The van der Waals surface area contributed by atoms with Crippen LogP contribution in [0.25, 0.3) is 6.08 Å². The Kier molecular flexibility index (Phi) is 7.66. The van der Waals surface area contributed by atoms with Gasteiger partial charge in [0.15, 0.2) is 0 Å². The van der Waals surface area contributed by atoms with E-state index in [1.54, 1.807) is 0 Å². The average molecular weight is 323 g/mol. The van der Waals surface area contributed by atoms with E-state index in [0.29, 0.717) is 0 Å². The number of nitrogens with zero attached hydrogens (tertiary/aromatic N) is 1. The van der Waals surface area contributed by atoms with Crippen molar-refractivity contribution in [2.24, 2.45) is 0 Å². The van der Waals surface area contributed by atoms with Gasteiger partial charge in [-0.15, -0.1) is 0 Å². The predicted octanol–water partition coefficient (Wildman–Crippen LogP) is 4.00. The minimum Gasteiger partial charge on any atom is -0.313 e. The standard InChI is InChI=1S/C21H29N3/c1-4-20-14-19(8-7-18(20)3)15-22-10-5-6-11-23-16-21-13-17(2)9-12-24-21/h4,7-9,12-14,22-23H,1,5-6,10-11,15-16H2,2-3H3. The van der Waals surface area contributed by atoms with E-state index >= 15 is 0 Å². The molecule has 3 nitrogen and oxygen atoms in total. The molecular formula is C21H29N3. The lowest BCUT2D eigenvalue weighted by atomic mass is 10.1. The second kappa shape index (κ2) is 10.0. The van der Waals surface area contributed by atoms with Gasteiger partial charge in [0.05, 0.1) is 5.69 Å². The molecule has 2 N–H and O–H groups in total. The summed E-state index contributed by atoms with van der Waals surface area (Å²) in [5, 5.41) is 6.97. The van der Waals surface area contributed by atoms with Gasteiger partial charge in [-0.2, -0.15) is 0 Å². The quantitative estimate of drug-likeness (QED) is 0.649. The maximum atomic E-state index is 4.36. The molecule has 0 unspecified atom stereocenters. The van der Waals surface area contributed by atoms with E-state index in [4.69, 9.17) is 0 Å². The van der Waals surface area contributed by atoms with Crippen molar-refractivity contribution in [3.63, 3.8) is 0 Å². The summed E-state index contributed by atoms with van der Waals surface area (Å²) >= 11 is 0. The molecule has 2 aromatic rings. The van der Waals surface area contributed by atoms with Crippen LogP contribution in [-0.4, -0.2) is 18.1 Å². The van der Waals surface area contributed by atoms with Gasteiger partial charge in [-0.05, 0) is 74.2 Å². The number of unbranched alkanes of at least 4 members (excludes halogenated alkanes) is 1. The number of nitrogens with one attached hydrogen (secondary N) is 2. The molecule has 0 radical (unpaired) electrons. The largest absolute Gasteiger partial charge is 0.313 e. The van der Waals surface area contributed by atoms with Crippen molar-refractivity contribution in [3.05, 3.63) is 71.1 Å². The van der Waals surface area contributed by atoms with Crippen molar-refractivity contribution in [2.45, 2.75) is 39.8 Å². The molecule has 2 rings (SSSR count). The van der Waals surface area contributed by atoms with E-state index in [0.717, 1.165) is 31.9 Å². The molecule has 0 saturated heterocycles. The Morgan fingerprint density at radius 1 is 1.00 bits per heavy atom. The minimum absolute atomic E-state index is 0.850. The first-order valence-corrected chi connectivity index (χ1v) is 8.74. The average Bonchev–Trinajstić information content (AvgIpc) is 2.58. The van der Waals surface area contributed by atoms with Crippen LogP contribution >= 0.6 is 0 Å². The van der Waals surface area contributed by atoms with Crippen molar-refractivity contribution in [3.8, 4) is 0 Å². The summed E-state index contributed by atoms with van der Waals surface area (Å²) in [5.41, 5.74) is 6.21. The van der Waals surface area contributed by atoms with Crippen LogP contribution in [0.5, 0.6) is 0 Å². The SMILES string of the molecule is C=Cc1cc(CNCCCCNCc2cc(C)ccn2)ccc1C. The number of hydrogen-bond donors (Lipinski definition) is 2. The molecule has 0 bridgehead atoms. The fraction of sp³-hybridized carbons (Fsp3) is 0.381. The van der Waals surface area contributed by atoms with Gasteiger partial charge in [0.25, 0.3) is 0 Å². The monoisotopic (exact) mass is 323 g/mol. The molecule has 0 amide bonds. The molecule has 0 saturated carbocycles. The first-order valence-electron chi connectivity index (χ1n) is 8.74. The molecule has 1 aromatic carbocycles. The zero-order chi connectivity index (χ0) is 17.2. The number of benzene rings is 1. The van der Waals surface area contributed by atoms with Gasteiger partial charge in [-0.3, -0.25) is 4.98 Å². The highest BCUT2D eigenvalue weighted by Crippen LogP contribution is 2.12. The Hall–Kier alpha value is -1.97. The normalized spacial score (nSPS) is 10.8. The molecule has 0 atom stereocenters. The summed E-state index contributed by atoms with van der Waals surface area (Å²) < 4.78 is 0. The lowest BCUT2D eigenvalue weighted by Crippen LogP contribution is -2.19. The lowest BCUT2D eigenvalue weighted by Gasteiger charge is -2.08. The smallest absolute Gasteiger partial charge is 0.0544 e. The summed E-state index contributed by atoms with van der Waals surface area (Å²) in [5.74, 6) is 0. The first-order chi connectivity index (χ1) is 11.7. The summed E-state index contributed by atoms with van der Waals surface area (Å²) in [6, 6.07) is 10.7. The third-order valence-corrected chi connectivity index (χ3v) is 4.13. The van der Waals surface area contributed by atoms with Crippen LogP contribution in [0.2, 0.25) is 0 Å². The lowest BCUT2D eigenvalue weighted by molar-refractivity contribution is 0.579. The summed E-state index contributed by atoms with van der Waals surface area (Å²) in [6.45, 7) is 11.9. The van der Waals surface area contributed by atoms with Crippen molar-refractivity contribution >= 4 is 6.08 Å². The number of pyridine rings is 1. The van der Waals surface area contributed by atoms with E-state index in [1.807, 2.05) is 18.3 Å².